The zero-order chi connectivity index (χ0) is 11.3. The zero-order valence-electron chi connectivity index (χ0n) is 8.61. The Hall–Kier alpha value is -0.360. The molecule has 4 nitrogen and oxygen atoms in total. The molecule has 0 aliphatic carbocycles. The maximum atomic E-state index is 8.99. The second-order valence-corrected chi connectivity index (χ2v) is 4.45. The summed E-state index contributed by atoms with van der Waals surface area (Å²) in [7, 11) is 0. The van der Waals surface area contributed by atoms with Crippen LogP contribution in [0, 0.1) is 0 Å². The summed E-state index contributed by atoms with van der Waals surface area (Å²) in [6.45, 7) is 3.68. The van der Waals surface area contributed by atoms with Crippen molar-refractivity contribution in [3.05, 3.63) is 10.0 Å². The number of rotatable bonds is 6. The van der Waals surface area contributed by atoms with Gasteiger partial charge in [-0.1, -0.05) is 22.9 Å². The van der Waals surface area contributed by atoms with Crippen LogP contribution in [0.4, 0.5) is 5.13 Å². The predicted octanol–water partition coefficient (Wildman–Crippen LogP) is 1.50. The first-order valence-corrected chi connectivity index (χ1v) is 6.04. The minimum absolute atomic E-state index is 0.0753. The summed E-state index contributed by atoms with van der Waals surface area (Å²) in [5.74, 6) is 0. The first-order valence-electron chi connectivity index (χ1n) is 4.84. The van der Waals surface area contributed by atoms with Crippen LogP contribution in [0.25, 0.3) is 0 Å². The molecule has 0 radical (unpaired) electrons. The van der Waals surface area contributed by atoms with Crippen LogP contribution in [0.15, 0.2) is 0 Å². The maximum Gasteiger partial charge on any atom is 0.187 e. The minimum atomic E-state index is -0.0753. The van der Waals surface area contributed by atoms with Gasteiger partial charge in [0.25, 0.3) is 0 Å². The molecule has 0 unspecified atom stereocenters. The molecule has 0 aliphatic heterocycles. The van der Waals surface area contributed by atoms with Gasteiger partial charge in [-0.3, -0.25) is 0 Å². The fourth-order valence-electron chi connectivity index (χ4n) is 1.20. The summed E-state index contributed by atoms with van der Waals surface area (Å²) in [6.07, 6.45) is 0.708. The molecule has 1 aromatic rings. The largest absolute Gasteiger partial charge is 0.396 e. The lowest BCUT2D eigenvalue weighted by Gasteiger charge is -2.18. The van der Waals surface area contributed by atoms with Crippen molar-refractivity contribution in [3.63, 3.8) is 0 Å². The van der Waals surface area contributed by atoms with Crippen molar-refractivity contribution >= 4 is 28.1 Å². The maximum absolute atomic E-state index is 8.99. The lowest BCUT2D eigenvalue weighted by atomic mass is 10.4. The molecule has 0 saturated heterocycles. The van der Waals surface area contributed by atoms with E-state index in [1.165, 1.54) is 11.3 Å². The molecule has 86 valence electrons. The summed E-state index contributed by atoms with van der Waals surface area (Å²) < 4.78 is 0. The van der Waals surface area contributed by atoms with Gasteiger partial charge in [-0.25, -0.2) is 4.98 Å². The monoisotopic (exact) mass is 250 g/mol. The normalized spacial score (nSPS) is 10.7. The second kappa shape index (κ2) is 6.27. The number of thiazole rings is 1. The van der Waals surface area contributed by atoms with Crippen LogP contribution in [0.1, 0.15) is 18.2 Å². The number of hydrogen-bond donors (Lipinski definition) is 2. The van der Waals surface area contributed by atoms with Gasteiger partial charge in [0.1, 0.15) is 5.15 Å². The van der Waals surface area contributed by atoms with Crippen molar-refractivity contribution in [1.82, 2.24) is 4.98 Å². The van der Waals surface area contributed by atoms with Gasteiger partial charge in [0.2, 0.25) is 0 Å². The molecule has 1 heterocycles. The molecule has 15 heavy (non-hydrogen) atoms. The Morgan fingerprint density at radius 3 is 2.67 bits per heavy atom. The summed E-state index contributed by atoms with van der Waals surface area (Å²) in [5, 5.41) is 18.9. The van der Waals surface area contributed by atoms with Crippen molar-refractivity contribution in [3.8, 4) is 0 Å². The molecule has 1 aromatic heterocycles. The molecule has 6 heteroatoms. The number of aromatic nitrogens is 1. The van der Waals surface area contributed by atoms with Crippen molar-refractivity contribution < 1.29 is 10.2 Å². The van der Waals surface area contributed by atoms with Crippen LogP contribution in [0.5, 0.6) is 0 Å². The highest BCUT2D eigenvalue weighted by molar-refractivity contribution is 7.16. The lowest BCUT2D eigenvalue weighted by molar-refractivity contribution is 0.285. The minimum Gasteiger partial charge on any atom is -0.396 e. The fraction of sp³-hybridized carbons (Fsp3) is 0.667. The van der Waals surface area contributed by atoms with Gasteiger partial charge in [0.15, 0.2) is 5.13 Å². The predicted molar refractivity (Wildman–Crippen MR) is 62.6 cm³/mol. The molecule has 0 aromatic carbocycles. The van der Waals surface area contributed by atoms with Gasteiger partial charge in [-0.15, -0.1) is 0 Å². The van der Waals surface area contributed by atoms with E-state index >= 15 is 0 Å². The highest BCUT2D eigenvalue weighted by Gasteiger charge is 2.13. The molecule has 0 bridgehead atoms. The van der Waals surface area contributed by atoms with E-state index in [9.17, 15) is 0 Å². The van der Waals surface area contributed by atoms with E-state index in [-0.39, 0.29) is 13.2 Å². The average molecular weight is 251 g/mol. The molecule has 0 saturated carbocycles. The third-order valence-electron chi connectivity index (χ3n) is 2.02. The van der Waals surface area contributed by atoms with E-state index in [1.54, 1.807) is 0 Å². The SMILES string of the molecule is CCN(CCCO)c1nc(Cl)c(CO)s1. The highest BCUT2D eigenvalue weighted by atomic mass is 35.5. The second-order valence-electron chi connectivity index (χ2n) is 3.03. The summed E-state index contributed by atoms with van der Waals surface area (Å²) >= 11 is 7.24. The summed E-state index contributed by atoms with van der Waals surface area (Å²) in [6, 6.07) is 0. The first kappa shape index (κ1) is 12.7. The molecular weight excluding hydrogens is 236 g/mol. The van der Waals surface area contributed by atoms with Gasteiger partial charge in [0, 0.05) is 19.7 Å². The molecular formula is C9H15ClN2O2S. The van der Waals surface area contributed by atoms with Gasteiger partial charge >= 0.3 is 0 Å². The van der Waals surface area contributed by atoms with E-state index in [0.717, 1.165) is 18.2 Å². The topological polar surface area (TPSA) is 56.6 Å². The Morgan fingerprint density at radius 2 is 2.20 bits per heavy atom. The van der Waals surface area contributed by atoms with Gasteiger partial charge in [-0.05, 0) is 13.3 Å². The quantitative estimate of drug-likeness (QED) is 0.804. The van der Waals surface area contributed by atoms with Crippen LogP contribution in [0.3, 0.4) is 0 Å². The van der Waals surface area contributed by atoms with Crippen LogP contribution < -0.4 is 4.90 Å². The van der Waals surface area contributed by atoms with E-state index in [2.05, 4.69) is 4.98 Å². The van der Waals surface area contributed by atoms with E-state index in [1.807, 2.05) is 11.8 Å². The number of aliphatic hydroxyl groups excluding tert-OH is 2. The number of hydrogen-bond acceptors (Lipinski definition) is 5. The van der Waals surface area contributed by atoms with Gasteiger partial charge < -0.3 is 15.1 Å². The highest BCUT2D eigenvalue weighted by Crippen LogP contribution is 2.29. The van der Waals surface area contributed by atoms with Crippen LogP contribution in [-0.4, -0.2) is 34.9 Å². The van der Waals surface area contributed by atoms with E-state index in [4.69, 9.17) is 21.8 Å². The Kier molecular flexibility index (Phi) is 5.31. The lowest BCUT2D eigenvalue weighted by Crippen LogP contribution is -2.24. The molecule has 0 atom stereocenters. The molecule has 0 spiro atoms. The van der Waals surface area contributed by atoms with E-state index in [0.29, 0.717) is 16.5 Å². The molecule has 0 amide bonds. The number of aliphatic hydroxyl groups is 2. The standard InChI is InChI=1S/C9H15ClN2O2S/c1-2-12(4-3-5-13)9-11-8(10)7(6-14)15-9/h13-14H,2-6H2,1H3. The Bertz CT molecular complexity index is 306. The van der Waals surface area contributed by atoms with E-state index < -0.39 is 0 Å². The number of halogens is 1. The summed E-state index contributed by atoms with van der Waals surface area (Å²) in [5.41, 5.74) is 0. The molecule has 0 fully saturated rings. The molecule has 1 rings (SSSR count). The van der Waals surface area contributed by atoms with Crippen molar-refractivity contribution in [2.24, 2.45) is 0 Å². The van der Waals surface area contributed by atoms with Gasteiger partial charge in [-0.2, -0.15) is 0 Å². The zero-order valence-corrected chi connectivity index (χ0v) is 10.2. The number of anilines is 1. The Labute approximate surface area is 98.1 Å². The average Bonchev–Trinajstić information content (AvgIpc) is 2.61. The summed E-state index contributed by atoms with van der Waals surface area (Å²) in [4.78, 5) is 6.90. The van der Waals surface area contributed by atoms with Gasteiger partial charge in [0.05, 0.1) is 11.5 Å². The van der Waals surface area contributed by atoms with Crippen LogP contribution in [0.2, 0.25) is 5.15 Å². The number of nitrogens with zero attached hydrogens (tertiary/aromatic N) is 2. The van der Waals surface area contributed by atoms with Crippen LogP contribution >= 0.6 is 22.9 Å². The van der Waals surface area contributed by atoms with Crippen molar-refractivity contribution in [2.75, 3.05) is 24.6 Å². The van der Waals surface area contributed by atoms with Crippen molar-refractivity contribution in [2.45, 2.75) is 20.0 Å². The first-order chi connectivity index (χ1) is 7.22. The van der Waals surface area contributed by atoms with Crippen molar-refractivity contribution in [1.29, 1.82) is 0 Å². The molecule has 2 N–H and O–H groups in total. The third-order valence-corrected chi connectivity index (χ3v) is 3.55. The van der Waals surface area contributed by atoms with Crippen LogP contribution in [-0.2, 0) is 6.61 Å². The Morgan fingerprint density at radius 1 is 1.47 bits per heavy atom. The fourth-order valence-corrected chi connectivity index (χ4v) is 2.41. The Balaban J connectivity index is 2.73. The molecule has 0 aliphatic rings. The smallest absolute Gasteiger partial charge is 0.187 e. The third kappa shape index (κ3) is 3.31.